The molecular formula is C17H21NS. The van der Waals surface area contributed by atoms with E-state index in [1.807, 2.05) is 0 Å². The van der Waals surface area contributed by atoms with Gasteiger partial charge >= 0.3 is 0 Å². The van der Waals surface area contributed by atoms with Gasteiger partial charge in [0.15, 0.2) is 0 Å². The first-order valence-corrected chi connectivity index (χ1v) is 8.01. The second-order valence-corrected chi connectivity index (χ2v) is 6.91. The maximum absolute atomic E-state index is 7.24. The minimum absolute atomic E-state index is 0.412. The van der Waals surface area contributed by atoms with Gasteiger partial charge in [-0.1, -0.05) is 25.2 Å². The summed E-state index contributed by atoms with van der Waals surface area (Å²) in [6.45, 7) is 11.2. The molecule has 0 aromatic heterocycles. The monoisotopic (exact) mass is 271 g/mol. The summed E-state index contributed by atoms with van der Waals surface area (Å²) in [4.78, 5) is 0. The van der Waals surface area contributed by atoms with Gasteiger partial charge in [0.25, 0.3) is 0 Å². The summed E-state index contributed by atoms with van der Waals surface area (Å²) in [6.07, 6.45) is 4.95. The summed E-state index contributed by atoms with van der Waals surface area (Å²) in [6, 6.07) is 0. The van der Waals surface area contributed by atoms with Crippen molar-refractivity contribution >= 4 is 17.3 Å². The molecule has 1 saturated carbocycles. The first kappa shape index (κ1) is 13.0. The van der Waals surface area contributed by atoms with E-state index >= 15 is 0 Å². The lowest BCUT2D eigenvalue weighted by Gasteiger charge is -2.35. The zero-order valence-electron chi connectivity index (χ0n) is 12.0. The summed E-state index contributed by atoms with van der Waals surface area (Å²) in [7, 11) is 0. The van der Waals surface area contributed by atoms with E-state index in [1.54, 1.807) is 17.3 Å². The number of fused-ring (bicyclic) bond motifs is 1. The second kappa shape index (κ2) is 4.24. The Hall–Kier alpha value is -1.02. The maximum Gasteiger partial charge on any atom is 0.0509 e. The smallest absolute Gasteiger partial charge is 0.0509 e. The SMILES string of the molecule is C=C1C2=CC(C)=C(CSC=N)C2=C(C)C2(CC2)[C@@H]1C. The number of thioether (sulfide) groups is 1. The molecular weight excluding hydrogens is 250 g/mol. The van der Waals surface area contributed by atoms with Crippen molar-refractivity contribution in [2.75, 3.05) is 5.75 Å². The number of rotatable bonds is 3. The highest BCUT2D eigenvalue weighted by molar-refractivity contribution is 8.12. The molecule has 19 heavy (non-hydrogen) atoms. The van der Waals surface area contributed by atoms with Crippen LogP contribution in [-0.2, 0) is 0 Å². The van der Waals surface area contributed by atoms with Gasteiger partial charge in [0.2, 0.25) is 0 Å². The van der Waals surface area contributed by atoms with Crippen molar-refractivity contribution in [2.24, 2.45) is 11.3 Å². The summed E-state index contributed by atoms with van der Waals surface area (Å²) >= 11 is 1.58. The van der Waals surface area contributed by atoms with Crippen LogP contribution in [0.4, 0.5) is 0 Å². The fraction of sp³-hybridized carbons (Fsp3) is 0.471. The molecule has 1 nitrogen and oxygen atoms in total. The van der Waals surface area contributed by atoms with Crippen LogP contribution in [0.5, 0.6) is 0 Å². The molecule has 0 bridgehead atoms. The Morgan fingerprint density at radius 1 is 1.47 bits per heavy atom. The van der Waals surface area contributed by atoms with Crippen LogP contribution in [0.3, 0.4) is 0 Å². The van der Waals surface area contributed by atoms with Crippen LogP contribution in [0, 0.1) is 16.7 Å². The van der Waals surface area contributed by atoms with Crippen molar-refractivity contribution in [3.05, 3.63) is 46.1 Å². The number of nitrogens with one attached hydrogen (secondary N) is 1. The Morgan fingerprint density at radius 3 is 2.74 bits per heavy atom. The van der Waals surface area contributed by atoms with Crippen molar-refractivity contribution in [3.63, 3.8) is 0 Å². The normalized spacial score (nSPS) is 27.8. The second-order valence-electron chi connectivity index (χ2n) is 6.05. The van der Waals surface area contributed by atoms with E-state index in [0.717, 1.165) is 5.75 Å². The van der Waals surface area contributed by atoms with Crippen molar-refractivity contribution in [1.29, 1.82) is 5.41 Å². The largest absolute Gasteiger partial charge is 0.302 e. The van der Waals surface area contributed by atoms with Gasteiger partial charge in [0, 0.05) is 5.75 Å². The van der Waals surface area contributed by atoms with E-state index < -0.39 is 0 Å². The van der Waals surface area contributed by atoms with Crippen LogP contribution in [0.25, 0.3) is 0 Å². The van der Waals surface area contributed by atoms with Crippen LogP contribution in [-0.4, -0.2) is 11.3 Å². The highest BCUT2D eigenvalue weighted by atomic mass is 32.2. The Morgan fingerprint density at radius 2 is 2.16 bits per heavy atom. The molecule has 1 spiro atoms. The summed E-state index contributed by atoms with van der Waals surface area (Å²) in [5.41, 5.74) is 10.4. The first-order chi connectivity index (χ1) is 9.03. The number of hydrogen-bond acceptors (Lipinski definition) is 2. The molecule has 1 N–H and O–H groups in total. The van der Waals surface area contributed by atoms with Gasteiger partial charge in [-0.05, 0) is 65.9 Å². The van der Waals surface area contributed by atoms with E-state index in [4.69, 9.17) is 5.41 Å². The molecule has 3 aliphatic rings. The molecule has 0 aliphatic heterocycles. The molecule has 0 aromatic rings. The lowest BCUT2D eigenvalue weighted by atomic mass is 9.69. The number of hydrogen-bond donors (Lipinski definition) is 1. The average molecular weight is 271 g/mol. The minimum Gasteiger partial charge on any atom is -0.302 e. The minimum atomic E-state index is 0.412. The predicted molar refractivity (Wildman–Crippen MR) is 84.7 cm³/mol. The molecule has 0 unspecified atom stereocenters. The van der Waals surface area contributed by atoms with E-state index in [1.165, 1.54) is 46.3 Å². The van der Waals surface area contributed by atoms with Gasteiger partial charge in [-0.15, -0.1) is 11.8 Å². The van der Waals surface area contributed by atoms with E-state index in [-0.39, 0.29) is 0 Å². The molecule has 0 radical (unpaired) electrons. The molecule has 0 saturated heterocycles. The summed E-state index contributed by atoms with van der Waals surface area (Å²) in [5.74, 6) is 1.50. The van der Waals surface area contributed by atoms with Gasteiger partial charge < -0.3 is 5.41 Å². The van der Waals surface area contributed by atoms with Crippen LogP contribution >= 0.6 is 11.8 Å². The first-order valence-electron chi connectivity index (χ1n) is 6.96. The average Bonchev–Trinajstić information content (AvgIpc) is 3.12. The zero-order chi connectivity index (χ0) is 13.8. The van der Waals surface area contributed by atoms with Crippen LogP contribution in [0.15, 0.2) is 46.1 Å². The van der Waals surface area contributed by atoms with Gasteiger partial charge in [-0.2, -0.15) is 0 Å². The van der Waals surface area contributed by atoms with Gasteiger partial charge in [-0.25, -0.2) is 0 Å². The molecule has 3 rings (SSSR count). The molecule has 1 atom stereocenters. The fourth-order valence-corrected chi connectivity index (χ4v) is 4.43. The zero-order valence-corrected chi connectivity index (χ0v) is 12.8. The van der Waals surface area contributed by atoms with Crippen LogP contribution in [0.2, 0.25) is 0 Å². The quantitative estimate of drug-likeness (QED) is 0.573. The summed E-state index contributed by atoms with van der Waals surface area (Å²) in [5, 5.41) is 7.24. The van der Waals surface area contributed by atoms with Gasteiger partial charge in [-0.3, -0.25) is 0 Å². The fourth-order valence-electron chi connectivity index (χ4n) is 3.81. The number of allylic oxidation sites excluding steroid dienone is 6. The third kappa shape index (κ3) is 1.66. The lowest BCUT2D eigenvalue weighted by molar-refractivity contribution is 0.436. The third-order valence-electron chi connectivity index (χ3n) is 5.33. The highest BCUT2D eigenvalue weighted by Gasteiger charge is 2.54. The Bertz CT molecular complexity index is 570. The van der Waals surface area contributed by atoms with Crippen molar-refractivity contribution in [2.45, 2.75) is 33.6 Å². The summed E-state index contributed by atoms with van der Waals surface area (Å²) < 4.78 is 0. The predicted octanol–water partition coefficient (Wildman–Crippen LogP) is 4.89. The van der Waals surface area contributed by atoms with Crippen molar-refractivity contribution in [3.8, 4) is 0 Å². The van der Waals surface area contributed by atoms with E-state index in [9.17, 15) is 0 Å². The molecule has 3 aliphatic carbocycles. The Balaban J connectivity index is 2.10. The molecule has 0 heterocycles. The standard InChI is InChI=1S/C17H21NS/c1-10-7-14-11(2)12(3)17(5-6-17)13(4)16(14)15(10)8-19-9-18/h7,9,12,18H,2,5-6,8H2,1,3-4H3/t12-/m1/s1. The van der Waals surface area contributed by atoms with Crippen molar-refractivity contribution in [1.82, 2.24) is 0 Å². The maximum atomic E-state index is 7.24. The van der Waals surface area contributed by atoms with E-state index in [2.05, 4.69) is 33.4 Å². The Labute approximate surface area is 120 Å². The topological polar surface area (TPSA) is 23.9 Å². The van der Waals surface area contributed by atoms with Crippen LogP contribution < -0.4 is 0 Å². The van der Waals surface area contributed by atoms with E-state index in [0.29, 0.717) is 11.3 Å². The Kier molecular flexibility index (Phi) is 2.90. The highest BCUT2D eigenvalue weighted by Crippen LogP contribution is 2.65. The molecule has 0 amide bonds. The van der Waals surface area contributed by atoms with Gasteiger partial charge in [0.1, 0.15) is 0 Å². The van der Waals surface area contributed by atoms with Crippen LogP contribution in [0.1, 0.15) is 33.6 Å². The molecule has 2 heteroatoms. The van der Waals surface area contributed by atoms with Crippen molar-refractivity contribution < 1.29 is 0 Å². The third-order valence-corrected chi connectivity index (χ3v) is 5.95. The van der Waals surface area contributed by atoms with Gasteiger partial charge in [0.05, 0.1) is 5.55 Å². The lowest BCUT2D eigenvalue weighted by Crippen LogP contribution is -2.24. The molecule has 1 fully saturated rings. The molecule has 100 valence electrons. The molecule has 0 aromatic carbocycles.